The van der Waals surface area contributed by atoms with Gasteiger partial charge in [-0.2, -0.15) is 0 Å². The van der Waals surface area contributed by atoms with Gasteiger partial charge in [-0.15, -0.1) is 0 Å². The standard InChI is InChI=1S/C16H25N/c1-12-6-8-16(17,9-7-12)11-15-5-4-13(2)14(3)10-15/h4-5,10,12H,6-9,11,17H2,1-3H3. The van der Waals surface area contributed by atoms with Crippen molar-refractivity contribution in [2.24, 2.45) is 11.7 Å². The Morgan fingerprint density at radius 2 is 1.82 bits per heavy atom. The Hall–Kier alpha value is -0.820. The average molecular weight is 231 g/mol. The van der Waals surface area contributed by atoms with E-state index in [0.717, 1.165) is 12.3 Å². The van der Waals surface area contributed by atoms with Gasteiger partial charge in [-0.1, -0.05) is 25.1 Å². The van der Waals surface area contributed by atoms with E-state index in [1.54, 1.807) is 0 Å². The summed E-state index contributed by atoms with van der Waals surface area (Å²) in [6.45, 7) is 6.69. The molecule has 0 amide bonds. The summed E-state index contributed by atoms with van der Waals surface area (Å²) in [5.74, 6) is 0.867. The maximum absolute atomic E-state index is 6.54. The van der Waals surface area contributed by atoms with E-state index in [9.17, 15) is 0 Å². The molecule has 1 aromatic rings. The van der Waals surface area contributed by atoms with Crippen LogP contribution in [0.5, 0.6) is 0 Å². The first-order valence-corrected chi connectivity index (χ1v) is 6.83. The van der Waals surface area contributed by atoms with E-state index in [0.29, 0.717) is 0 Å². The zero-order valence-corrected chi connectivity index (χ0v) is 11.4. The highest BCUT2D eigenvalue weighted by atomic mass is 14.7. The molecule has 1 fully saturated rings. The molecule has 0 heterocycles. The lowest BCUT2D eigenvalue weighted by Gasteiger charge is -2.36. The van der Waals surface area contributed by atoms with E-state index >= 15 is 0 Å². The molecular weight excluding hydrogens is 206 g/mol. The Balaban J connectivity index is 2.07. The Bertz CT molecular complexity index is 387. The SMILES string of the molecule is Cc1ccc(CC2(N)CCC(C)CC2)cc1C. The minimum atomic E-state index is 0.0498. The molecule has 1 aromatic carbocycles. The number of aryl methyl sites for hydroxylation is 2. The molecule has 1 aliphatic rings. The summed E-state index contributed by atoms with van der Waals surface area (Å²) < 4.78 is 0. The predicted octanol–water partition coefficient (Wildman–Crippen LogP) is 3.75. The number of rotatable bonds is 2. The van der Waals surface area contributed by atoms with Crippen molar-refractivity contribution in [3.8, 4) is 0 Å². The smallest absolute Gasteiger partial charge is 0.0195 e. The normalized spacial score (nSPS) is 29.3. The minimum absolute atomic E-state index is 0.0498. The van der Waals surface area contributed by atoms with E-state index in [4.69, 9.17) is 5.73 Å². The second kappa shape index (κ2) is 4.81. The third-order valence-electron chi connectivity index (χ3n) is 4.40. The Morgan fingerprint density at radius 3 is 2.41 bits per heavy atom. The van der Waals surface area contributed by atoms with E-state index in [1.165, 1.54) is 42.4 Å². The molecule has 0 radical (unpaired) electrons. The third kappa shape index (κ3) is 3.10. The van der Waals surface area contributed by atoms with Crippen molar-refractivity contribution in [3.63, 3.8) is 0 Å². The van der Waals surface area contributed by atoms with Gasteiger partial charge < -0.3 is 5.73 Å². The average Bonchev–Trinajstić information content (AvgIpc) is 2.28. The van der Waals surface area contributed by atoms with Crippen LogP contribution in [-0.4, -0.2) is 5.54 Å². The summed E-state index contributed by atoms with van der Waals surface area (Å²) in [5, 5.41) is 0. The third-order valence-corrected chi connectivity index (χ3v) is 4.40. The fourth-order valence-electron chi connectivity index (χ4n) is 2.83. The zero-order valence-electron chi connectivity index (χ0n) is 11.4. The summed E-state index contributed by atoms with van der Waals surface area (Å²) >= 11 is 0. The fraction of sp³-hybridized carbons (Fsp3) is 0.625. The summed E-state index contributed by atoms with van der Waals surface area (Å²) in [7, 11) is 0. The number of benzene rings is 1. The largest absolute Gasteiger partial charge is 0.325 e. The number of hydrogen-bond acceptors (Lipinski definition) is 1. The molecule has 1 nitrogen and oxygen atoms in total. The van der Waals surface area contributed by atoms with Gasteiger partial charge in [0, 0.05) is 5.54 Å². The molecule has 94 valence electrons. The lowest BCUT2D eigenvalue weighted by molar-refractivity contribution is 0.243. The summed E-state index contributed by atoms with van der Waals surface area (Å²) in [6.07, 6.45) is 5.99. The first-order chi connectivity index (χ1) is 7.98. The van der Waals surface area contributed by atoms with Crippen LogP contribution in [0.1, 0.15) is 49.3 Å². The van der Waals surface area contributed by atoms with Crippen LogP contribution in [0.2, 0.25) is 0 Å². The molecule has 1 saturated carbocycles. The van der Waals surface area contributed by atoms with Crippen molar-refractivity contribution in [2.45, 2.75) is 58.4 Å². The van der Waals surface area contributed by atoms with Crippen molar-refractivity contribution in [1.29, 1.82) is 0 Å². The lowest BCUT2D eigenvalue weighted by Crippen LogP contribution is -2.45. The Morgan fingerprint density at radius 1 is 1.18 bits per heavy atom. The van der Waals surface area contributed by atoms with Crippen LogP contribution in [0.25, 0.3) is 0 Å². The van der Waals surface area contributed by atoms with Crippen LogP contribution in [0.15, 0.2) is 18.2 Å². The Kier molecular flexibility index (Phi) is 3.58. The molecule has 2 rings (SSSR count). The van der Waals surface area contributed by atoms with Gasteiger partial charge in [0.15, 0.2) is 0 Å². The van der Waals surface area contributed by atoms with Crippen LogP contribution in [0, 0.1) is 19.8 Å². The molecule has 2 N–H and O–H groups in total. The van der Waals surface area contributed by atoms with Gasteiger partial charge in [0.1, 0.15) is 0 Å². The molecule has 1 heteroatoms. The molecule has 0 saturated heterocycles. The molecule has 0 spiro atoms. The molecular formula is C16H25N. The number of hydrogen-bond donors (Lipinski definition) is 1. The topological polar surface area (TPSA) is 26.0 Å². The molecule has 0 aromatic heterocycles. The second-order valence-electron chi connectivity index (χ2n) is 6.14. The van der Waals surface area contributed by atoms with Crippen LogP contribution >= 0.6 is 0 Å². The van der Waals surface area contributed by atoms with E-state index in [-0.39, 0.29) is 5.54 Å². The van der Waals surface area contributed by atoms with Crippen LogP contribution in [0.4, 0.5) is 0 Å². The molecule has 0 aliphatic heterocycles. The highest BCUT2D eigenvalue weighted by Gasteiger charge is 2.30. The molecule has 0 unspecified atom stereocenters. The fourth-order valence-corrected chi connectivity index (χ4v) is 2.83. The van der Waals surface area contributed by atoms with Crippen molar-refractivity contribution in [1.82, 2.24) is 0 Å². The highest BCUT2D eigenvalue weighted by molar-refractivity contribution is 5.31. The van der Waals surface area contributed by atoms with Crippen molar-refractivity contribution in [3.05, 3.63) is 34.9 Å². The summed E-state index contributed by atoms with van der Waals surface area (Å²) in [6, 6.07) is 6.77. The van der Waals surface area contributed by atoms with Gasteiger partial charge in [-0.05, 0) is 68.6 Å². The first-order valence-electron chi connectivity index (χ1n) is 6.83. The van der Waals surface area contributed by atoms with Crippen LogP contribution in [-0.2, 0) is 6.42 Å². The maximum Gasteiger partial charge on any atom is 0.0195 e. The Labute approximate surface area is 105 Å². The van der Waals surface area contributed by atoms with Gasteiger partial charge in [0.05, 0.1) is 0 Å². The van der Waals surface area contributed by atoms with Gasteiger partial charge in [-0.3, -0.25) is 0 Å². The van der Waals surface area contributed by atoms with Gasteiger partial charge in [0.2, 0.25) is 0 Å². The van der Waals surface area contributed by atoms with Crippen LogP contribution < -0.4 is 5.73 Å². The first kappa shape index (κ1) is 12.6. The maximum atomic E-state index is 6.54. The number of nitrogens with two attached hydrogens (primary N) is 1. The lowest BCUT2D eigenvalue weighted by atomic mass is 9.74. The van der Waals surface area contributed by atoms with E-state index in [1.807, 2.05) is 0 Å². The second-order valence-corrected chi connectivity index (χ2v) is 6.14. The van der Waals surface area contributed by atoms with Gasteiger partial charge in [-0.25, -0.2) is 0 Å². The van der Waals surface area contributed by atoms with E-state index < -0.39 is 0 Å². The summed E-state index contributed by atoms with van der Waals surface area (Å²) in [4.78, 5) is 0. The van der Waals surface area contributed by atoms with E-state index in [2.05, 4.69) is 39.0 Å². The summed E-state index contributed by atoms with van der Waals surface area (Å²) in [5.41, 5.74) is 10.8. The quantitative estimate of drug-likeness (QED) is 0.824. The zero-order chi connectivity index (χ0) is 12.5. The predicted molar refractivity (Wildman–Crippen MR) is 74.2 cm³/mol. The van der Waals surface area contributed by atoms with Crippen LogP contribution in [0.3, 0.4) is 0 Å². The highest BCUT2D eigenvalue weighted by Crippen LogP contribution is 2.32. The molecule has 0 bridgehead atoms. The van der Waals surface area contributed by atoms with Crippen molar-refractivity contribution >= 4 is 0 Å². The minimum Gasteiger partial charge on any atom is -0.325 e. The monoisotopic (exact) mass is 231 g/mol. The van der Waals surface area contributed by atoms with Gasteiger partial charge in [0.25, 0.3) is 0 Å². The van der Waals surface area contributed by atoms with Crippen molar-refractivity contribution < 1.29 is 0 Å². The molecule has 0 atom stereocenters. The molecule has 1 aliphatic carbocycles. The van der Waals surface area contributed by atoms with Gasteiger partial charge >= 0.3 is 0 Å². The molecule has 17 heavy (non-hydrogen) atoms. The van der Waals surface area contributed by atoms with Crippen molar-refractivity contribution in [2.75, 3.05) is 0 Å².